The first kappa shape index (κ1) is 11.9. The molecule has 0 spiro atoms. The highest BCUT2D eigenvalue weighted by atomic mass is 16.5. The maximum absolute atomic E-state index is 12.3. The second-order valence-electron chi connectivity index (χ2n) is 5.32. The van der Waals surface area contributed by atoms with Crippen LogP contribution in [0.5, 0.6) is 0 Å². The van der Waals surface area contributed by atoms with E-state index in [0.717, 1.165) is 19.4 Å². The molecule has 1 aromatic rings. The lowest BCUT2D eigenvalue weighted by Crippen LogP contribution is -2.32. The minimum absolute atomic E-state index is 0.00802. The van der Waals surface area contributed by atoms with Crippen molar-refractivity contribution in [3.05, 3.63) is 35.9 Å². The molecule has 3 heteroatoms. The molecule has 1 saturated carbocycles. The third-order valence-corrected chi connectivity index (χ3v) is 4.15. The molecule has 4 atom stereocenters. The van der Waals surface area contributed by atoms with Gasteiger partial charge in [-0.15, -0.1) is 0 Å². The first-order valence-electron chi connectivity index (χ1n) is 6.64. The zero-order chi connectivity index (χ0) is 12.5. The van der Waals surface area contributed by atoms with Crippen molar-refractivity contribution in [3.8, 4) is 0 Å². The number of Topliss-reactive ketones (excluding diaryl/α,β-unsaturated/α-hetero) is 1. The van der Waals surface area contributed by atoms with Crippen LogP contribution in [0.15, 0.2) is 30.3 Å². The van der Waals surface area contributed by atoms with E-state index in [1.165, 1.54) is 5.56 Å². The number of carbonyl (C=O) groups is 1. The Hall–Kier alpha value is -1.19. The molecular weight excluding hydrogens is 226 g/mol. The lowest BCUT2D eigenvalue weighted by atomic mass is 10.0. The molecule has 0 amide bonds. The van der Waals surface area contributed by atoms with Crippen molar-refractivity contribution in [1.29, 1.82) is 0 Å². The van der Waals surface area contributed by atoms with Gasteiger partial charge >= 0.3 is 0 Å². The van der Waals surface area contributed by atoms with Crippen LogP contribution in [0, 0.1) is 5.92 Å². The number of carbonyl (C=O) groups excluding carboxylic acids is 1. The fraction of sp³-hybridized carbons (Fsp3) is 0.533. The third kappa shape index (κ3) is 2.20. The number of nitrogens with one attached hydrogen (secondary N) is 1. The zero-order valence-electron chi connectivity index (χ0n) is 10.6. The summed E-state index contributed by atoms with van der Waals surface area (Å²) in [7, 11) is 1.71. The maximum atomic E-state index is 12.3. The Labute approximate surface area is 108 Å². The Bertz CT molecular complexity index is 431. The van der Waals surface area contributed by atoms with Crippen LogP contribution in [0.2, 0.25) is 0 Å². The molecule has 3 rings (SSSR count). The molecule has 0 radical (unpaired) electrons. The Morgan fingerprint density at radius 2 is 2.06 bits per heavy atom. The molecule has 2 aliphatic rings. The zero-order valence-corrected chi connectivity index (χ0v) is 10.6. The molecular formula is C15H19NO2. The van der Waals surface area contributed by atoms with Gasteiger partial charge in [-0.2, -0.15) is 0 Å². The molecule has 1 saturated heterocycles. The van der Waals surface area contributed by atoms with Crippen molar-refractivity contribution in [2.45, 2.75) is 30.9 Å². The van der Waals surface area contributed by atoms with Gasteiger partial charge in [0, 0.05) is 19.6 Å². The van der Waals surface area contributed by atoms with Gasteiger partial charge in [-0.25, -0.2) is 0 Å². The minimum atomic E-state index is 0.00802. The smallest absolute Gasteiger partial charge is 0.153 e. The molecule has 0 aromatic heterocycles. The second-order valence-corrected chi connectivity index (χ2v) is 5.32. The summed E-state index contributed by atoms with van der Waals surface area (Å²) in [5, 5.41) is 3.28. The lowest BCUT2D eigenvalue weighted by molar-refractivity contribution is -0.122. The average Bonchev–Trinajstić information content (AvgIpc) is 3.08. The normalized spacial score (nSPS) is 34.5. The van der Waals surface area contributed by atoms with Crippen molar-refractivity contribution in [2.24, 2.45) is 5.92 Å². The van der Waals surface area contributed by atoms with Gasteiger partial charge in [0.1, 0.15) is 0 Å². The highest BCUT2D eigenvalue weighted by molar-refractivity contribution is 5.90. The largest absolute Gasteiger partial charge is 0.380 e. The summed E-state index contributed by atoms with van der Waals surface area (Å²) in [6, 6.07) is 10.4. The number of ether oxygens (including phenoxy) is 1. The number of rotatable bonds is 4. The molecule has 18 heavy (non-hydrogen) atoms. The van der Waals surface area contributed by atoms with Crippen LogP contribution in [0.1, 0.15) is 24.3 Å². The molecule has 4 unspecified atom stereocenters. The number of benzene rings is 1. The molecule has 3 nitrogen and oxygen atoms in total. The highest BCUT2D eigenvalue weighted by Crippen LogP contribution is 2.48. The first-order chi connectivity index (χ1) is 8.79. The van der Waals surface area contributed by atoms with E-state index < -0.39 is 0 Å². The van der Waals surface area contributed by atoms with Gasteiger partial charge in [0.15, 0.2) is 5.78 Å². The third-order valence-electron chi connectivity index (χ3n) is 4.15. The van der Waals surface area contributed by atoms with Crippen LogP contribution in [0.4, 0.5) is 0 Å². The average molecular weight is 245 g/mol. The molecule has 1 N–H and O–H groups in total. The van der Waals surface area contributed by atoms with Gasteiger partial charge in [-0.3, -0.25) is 4.79 Å². The summed E-state index contributed by atoms with van der Waals surface area (Å²) in [5.41, 5.74) is 1.30. The monoisotopic (exact) mass is 245 g/mol. The standard InChI is InChI=1S/C15H19NO2/c1-18-11-7-14(16-9-11)15(17)13-8-12(13)10-5-3-2-4-6-10/h2-6,11-14,16H,7-9H2,1H3. The summed E-state index contributed by atoms with van der Waals surface area (Å²) in [4.78, 5) is 12.3. The Morgan fingerprint density at radius 1 is 1.28 bits per heavy atom. The van der Waals surface area contributed by atoms with Gasteiger partial charge in [-0.05, 0) is 24.3 Å². The van der Waals surface area contributed by atoms with Crippen LogP contribution in [-0.2, 0) is 9.53 Å². The fourth-order valence-corrected chi connectivity index (χ4v) is 2.94. The minimum Gasteiger partial charge on any atom is -0.380 e. The Balaban J connectivity index is 1.60. The van der Waals surface area contributed by atoms with E-state index in [9.17, 15) is 4.79 Å². The summed E-state index contributed by atoms with van der Waals surface area (Å²) < 4.78 is 5.29. The fourth-order valence-electron chi connectivity index (χ4n) is 2.94. The van der Waals surface area contributed by atoms with Crippen LogP contribution >= 0.6 is 0 Å². The summed E-state index contributed by atoms with van der Waals surface area (Å²) >= 11 is 0. The van der Waals surface area contributed by atoms with Crippen molar-refractivity contribution in [1.82, 2.24) is 5.32 Å². The molecule has 2 fully saturated rings. The van der Waals surface area contributed by atoms with E-state index >= 15 is 0 Å². The second kappa shape index (κ2) is 4.82. The van der Waals surface area contributed by atoms with Gasteiger partial charge in [0.2, 0.25) is 0 Å². The number of ketones is 1. The van der Waals surface area contributed by atoms with Crippen LogP contribution < -0.4 is 5.32 Å². The molecule has 1 heterocycles. The summed E-state index contributed by atoms with van der Waals surface area (Å²) in [6.45, 7) is 0.801. The maximum Gasteiger partial charge on any atom is 0.153 e. The van der Waals surface area contributed by atoms with Crippen molar-refractivity contribution < 1.29 is 9.53 Å². The topological polar surface area (TPSA) is 38.3 Å². The predicted molar refractivity (Wildman–Crippen MR) is 69.5 cm³/mol. The molecule has 1 aliphatic heterocycles. The van der Waals surface area contributed by atoms with E-state index in [2.05, 4.69) is 17.4 Å². The van der Waals surface area contributed by atoms with E-state index in [-0.39, 0.29) is 18.1 Å². The van der Waals surface area contributed by atoms with Gasteiger partial charge < -0.3 is 10.1 Å². The van der Waals surface area contributed by atoms with E-state index in [1.54, 1.807) is 7.11 Å². The first-order valence-corrected chi connectivity index (χ1v) is 6.64. The highest BCUT2D eigenvalue weighted by Gasteiger charge is 2.47. The van der Waals surface area contributed by atoms with Gasteiger partial charge in [0.05, 0.1) is 12.1 Å². The number of methoxy groups -OCH3 is 1. The van der Waals surface area contributed by atoms with Gasteiger partial charge in [0.25, 0.3) is 0 Å². The predicted octanol–water partition coefficient (Wildman–Crippen LogP) is 1.74. The van der Waals surface area contributed by atoms with Crippen molar-refractivity contribution in [3.63, 3.8) is 0 Å². The van der Waals surface area contributed by atoms with Gasteiger partial charge in [-0.1, -0.05) is 30.3 Å². The number of hydrogen-bond acceptors (Lipinski definition) is 3. The Morgan fingerprint density at radius 3 is 2.72 bits per heavy atom. The molecule has 1 aromatic carbocycles. The Kier molecular flexibility index (Phi) is 3.18. The molecule has 0 bridgehead atoms. The van der Waals surface area contributed by atoms with Crippen molar-refractivity contribution in [2.75, 3.05) is 13.7 Å². The summed E-state index contributed by atoms with van der Waals surface area (Å²) in [5.74, 6) is 1.05. The molecule has 1 aliphatic carbocycles. The van der Waals surface area contributed by atoms with Crippen molar-refractivity contribution >= 4 is 5.78 Å². The van der Waals surface area contributed by atoms with Crippen LogP contribution in [0.25, 0.3) is 0 Å². The van der Waals surface area contributed by atoms with E-state index in [0.29, 0.717) is 11.7 Å². The summed E-state index contributed by atoms with van der Waals surface area (Å²) in [6.07, 6.45) is 2.04. The molecule has 96 valence electrons. The quantitative estimate of drug-likeness (QED) is 0.878. The SMILES string of the molecule is COC1CNC(C(=O)C2CC2c2ccccc2)C1. The van der Waals surface area contributed by atoms with E-state index in [4.69, 9.17) is 4.74 Å². The van der Waals surface area contributed by atoms with E-state index in [1.807, 2.05) is 18.2 Å². The van der Waals surface area contributed by atoms with Crippen LogP contribution in [-0.4, -0.2) is 31.6 Å². The lowest BCUT2D eigenvalue weighted by Gasteiger charge is -2.09. The van der Waals surface area contributed by atoms with Crippen LogP contribution in [0.3, 0.4) is 0 Å². The number of hydrogen-bond donors (Lipinski definition) is 1.